The fraction of sp³-hybridized carbons (Fsp3) is 0.458. The van der Waals surface area contributed by atoms with E-state index in [-0.39, 0.29) is 6.09 Å². The van der Waals surface area contributed by atoms with Gasteiger partial charge in [0.1, 0.15) is 5.60 Å². The number of fused-ring (bicyclic) bond motifs is 2. The molecule has 1 amide bonds. The molecule has 0 saturated carbocycles. The molecule has 0 aliphatic carbocycles. The normalized spacial score (nSPS) is 16.0. The van der Waals surface area contributed by atoms with E-state index < -0.39 is 5.60 Å². The number of carbonyl (C=O) groups excluding carboxylic acids is 1. The van der Waals surface area contributed by atoms with Crippen LogP contribution in [0.1, 0.15) is 44.0 Å². The Bertz CT molecular complexity index is 1160. The molecule has 2 aliphatic rings. The summed E-state index contributed by atoms with van der Waals surface area (Å²) in [6.07, 6.45) is 6.52. The van der Waals surface area contributed by atoms with Crippen LogP contribution in [-0.4, -0.2) is 49.7 Å². The number of amides is 1. The Hall–Kier alpha value is -3.29. The van der Waals surface area contributed by atoms with Crippen LogP contribution in [-0.2, 0) is 31.2 Å². The summed E-state index contributed by atoms with van der Waals surface area (Å²) in [4.78, 5) is 16.7. The molecule has 0 atom stereocenters. The smallest absolute Gasteiger partial charge is 0.410 e. The van der Waals surface area contributed by atoms with Gasteiger partial charge in [-0.3, -0.25) is 9.78 Å². The van der Waals surface area contributed by atoms with Crippen molar-refractivity contribution in [2.24, 2.45) is 7.05 Å². The standard InChI is InChI=1S/C24H30N6O2/c1-24(2,3)32-23(31)29-11-9-20-19(15-29)22(27-26-20)30-10-5-6-17-12-16(7-8-21(17)30)18-13-25-28(4)14-18/h7-8,12-14H,5-6,9-11,15H2,1-4H3,(H,26,27). The van der Waals surface area contributed by atoms with Gasteiger partial charge in [-0.05, 0) is 56.9 Å². The summed E-state index contributed by atoms with van der Waals surface area (Å²) >= 11 is 0. The minimum atomic E-state index is -0.506. The molecule has 32 heavy (non-hydrogen) atoms. The third-order valence-corrected chi connectivity index (χ3v) is 6.06. The highest BCUT2D eigenvalue weighted by molar-refractivity contribution is 5.74. The Kier molecular flexibility index (Phi) is 4.95. The number of nitrogens with one attached hydrogen (secondary N) is 1. The van der Waals surface area contributed by atoms with E-state index in [2.05, 4.69) is 38.4 Å². The van der Waals surface area contributed by atoms with E-state index in [9.17, 15) is 4.79 Å². The summed E-state index contributed by atoms with van der Waals surface area (Å²) in [5, 5.41) is 12.2. The highest BCUT2D eigenvalue weighted by atomic mass is 16.6. The zero-order chi connectivity index (χ0) is 22.5. The quantitative estimate of drug-likeness (QED) is 0.654. The number of anilines is 2. The highest BCUT2D eigenvalue weighted by Crippen LogP contribution is 2.38. The van der Waals surface area contributed by atoms with Crippen LogP contribution in [0.5, 0.6) is 0 Å². The number of rotatable bonds is 2. The molecule has 0 fully saturated rings. The maximum atomic E-state index is 12.7. The van der Waals surface area contributed by atoms with Gasteiger partial charge in [0.2, 0.25) is 0 Å². The molecule has 0 bridgehead atoms. The average molecular weight is 435 g/mol. The van der Waals surface area contributed by atoms with Gasteiger partial charge in [0, 0.05) is 55.3 Å². The third kappa shape index (κ3) is 3.85. The fourth-order valence-electron chi connectivity index (χ4n) is 4.55. The van der Waals surface area contributed by atoms with E-state index in [1.807, 2.05) is 44.9 Å². The summed E-state index contributed by atoms with van der Waals surface area (Å²) in [7, 11) is 1.94. The largest absolute Gasteiger partial charge is 0.444 e. The van der Waals surface area contributed by atoms with Crippen molar-refractivity contribution < 1.29 is 9.53 Å². The summed E-state index contributed by atoms with van der Waals surface area (Å²) in [5.41, 5.74) is 6.50. The first kappa shape index (κ1) is 20.6. The van der Waals surface area contributed by atoms with E-state index in [1.165, 1.54) is 16.8 Å². The minimum absolute atomic E-state index is 0.268. The van der Waals surface area contributed by atoms with Crippen molar-refractivity contribution in [3.63, 3.8) is 0 Å². The predicted octanol–water partition coefficient (Wildman–Crippen LogP) is 4.19. The molecule has 1 aromatic carbocycles. The number of hydrogen-bond donors (Lipinski definition) is 1. The van der Waals surface area contributed by atoms with Crippen molar-refractivity contribution in [1.29, 1.82) is 0 Å². The maximum absolute atomic E-state index is 12.7. The zero-order valence-corrected chi connectivity index (χ0v) is 19.2. The Labute approximate surface area is 188 Å². The lowest BCUT2D eigenvalue weighted by Gasteiger charge is -2.33. The van der Waals surface area contributed by atoms with Gasteiger partial charge < -0.3 is 14.5 Å². The highest BCUT2D eigenvalue weighted by Gasteiger charge is 2.31. The first-order chi connectivity index (χ1) is 15.3. The average Bonchev–Trinajstić information content (AvgIpc) is 3.37. The molecule has 0 saturated heterocycles. The second-order valence-electron chi connectivity index (χ2n) is 9.66. The van der Waals surface area contributed by atoms with Crippen molar-refractivity contribution in [2.45, 2.75) is 52.2 Å². The van der Waals surface area contributed by atoms with Crippen molar-refractivity contribution in [1.82, 2.24) is 24.9 Å². The Morgan fingerprint density at radius 2 is 2.00 bits per heavy atom. The molecule has 5 rings (SSSR count). The molecule has 8 nitrogen and oxygen atoms in total. The maximum Gasteiger partial charge on any atom is 0.410 e. The SMILES string of the molecule is Cn1cc(-c2ccc3c(c2)CCCN3c2n[nH]c3c2CN(C(=O)OC(C)(C)C)CC3)cn1. The second kappa shape index (κ2) is 7.69. The number of aryl methyl sites for hydroxylation is 2. The van der Waals surface area contributed by atoms with Gasteiger partial charge in [-0.15, -0.1) is 0 Å². The third-order valence-electron chi connectivity index (χ3n) is 6.06. The number of nitrogens with zero attached hydrogens (tertiary/aromatic N) is 5. The van der Waals surface area contributed by atoms with Crippen molar-refractivity contribution in [2.75, 3.05) is 18.0 Å². The van der Waals surface area contributed by atoms with E-state index in [0.717, 1.165) is 48.4 Å². The first-order valence-electron chi connectivity index (χ1n) is 11.2. The fourth-order valence-corrected chi connectivity index (χ4v) is 4.55. The lowest BCUT2D eigenvalue weighted by molar-refractivity contribution is 0.0224. The van der Waals surface area contributed by atoms with Crippen LogP contribution in [0.3, 0.4) is 0 Å². The number of H-pyrrole nitrogens is 1. The molecule has 0 spiro atoms. The molecule has 0 radical (unpaired) electrons. The summed E-state index contributed by atoms with van der Waals surface area (Å²) in [6, 6.07) is 6.61. The molecule has 8 heteroatoms. The van der Waals surface area contributed by atoms with Crippen LogP contribution in [0, 0.1) is 0 Å². The number of hydrogen-bond acceptors (Lipinski definition) is 5. The van der Waals surface area contributed by atoms with Crippen LogP contribution in [0.15, 0.2) is 30.6 Å². The molecule has 2 aromatic heterocycles. The molecule has 0 unspecified atom stereocenters. The zero-order valence-electron chi connectivity index (χ0n) is 19.2. The Morgan fingerprint density at radius 1 is 1.16 bits per heavy atom. The van der Waals surface area contributed by atoms with Gasteiger partial charge in [0.05, 0.1) is 12.7 Å². The molecular weight excluding hydrogens is 404 g/mol. The Balaban J connectivity index is 1.43. The number of carbonyl (C=O) groups is 1. The lowest BCUT2D eigenvalue weighted by atomic mass is 9.96. The van der Waals surface area contributed by atoms with Gasteiger partial charge in [-0.25, -0.2) is 4.79 Å². The first-order valence-corrected chi connectivity index (χ1v) is 11.2. The van der Waals surface area contributed by atoms with Crippen LogP contribution in [0.2, 0.25) is 0 Å². The molecule has 3 aromatic rings. The second-order valence-corrected chi connectivity index (χ2v) is 9.66. The Morgan fingerprint density at radius 3 is 2.75 bits per heavy atom. The number of benzene rings is 1. The summed E-state index contributed by atoms with van der Waals surface area (Å²) in [5.74, 6) is 0.920. The van der Waals surface area contributed by atoms with Gasteiger partial charge in [-0.2, -0.15) is 10.2 Å². The summed E-state index contributed by atoms with van der Waals surface area (Å²) < 4.78 is 7.43. The minimum Gasteiger partial charge on any atom is -0.444 e. The van der Waals surface area contributed by atoms with Crippen molar-refractivity contribution in [3.8, 4) is 11.1 Å². The van der Waals surface area contributed by atoms with Crippen LogP contribution >= 0.6 is 0 Å². The number of ether oxygens (including phenoxy) is 1. The van der Waals surface area contributed by atoms with Crippen LogP contribution in [0.4, 0.5) is 16.3 Å². The lowest BCUT2D eigenvalue weighted by Crippen LogP contribution is -2.40. The number of aromatic nitrogens is 4. The van der Waals surface area contributed by atoms with E-state index >= 15 is 0 Å². The topological polar surface area (TPSA) is 79.3 Å². The monoisotopic (exact) mass is 434 g/mol. The molecule has 1 N–H and O–H groups in total. The van der Waals surface area contributed by atoms with E-state index in [4.69, 9.17) is 4.74 Å². The predicted molar refractivity (Wildman–Crippen MR) is 123 cm³/mol. The molecule has 168 valence electrons. The molecule has 4 heterocycles. The van der Waals surface area contributed by atoms with Gasteiger partial charge in [0.15, 0.2) is 5.82 Å². The van der Waals surface area contributed by atoms with Crippen LogP contribution < -0.4 is 4.90 Å². The van der Waals surface area contributed by atoms with Crippen LogP contribution in [0.25, 0.3) is 11.1 Å². The number of aromatic amines is 1. The van der Waals surface area contributed by atoms with Crippen molar-refractivity contribution >= 4 is 17.6 Å². The van der Waals surface area contributed by atoms with Gasteiger partial charge in [-0.1, -0.05) is 6.07 Å². The summed E-state index contributed by atoms with van der Waals surface area (Å²) in [6.45, 7) is 7.74. The van der Waals surface area contributed by atoms with E-state index in [0.29, 0.717) is 13.1 Å². The van der Waals surface area contributed by atoms with Crippen molar-refractivity contribution in [3.05, 3.63) is 47.4 Å². The van der Waals surface area contributed by atoms with Gasteiger partial charge in [0.25, 0.3) is 0 Å². The molecular formula is C24H30N6O2. The van der Waals surface area contributed by atoms with Gasteiger partial charge >= 0.3 is 6.09 Å². The van der Waals surface area contributed by atoms with E-state index in [1.54, 1.807) is 4.90 Å². The molecule has 2 aliphatic heterocycles.